The predicted molar refractivity (Wildman–Crippen MR) is 90.0 cm³/mol. The molecule has 126 valence electrons. The molecule has 0 radical (unpaired) electrons. The van der Waals surface area contributed by atoms with Crippen LogP contribution in [-0.2, 0) is 4.74 Å². The SMILES string of the molecule is O=C(Nc1ccccc1C(=O)OCC1CCCCC1)c1ccco1. The number of benzene rings is 1. The zero-order valence-corrected chi connectivity index (χ0v) is 13.5. The second kappa shape index (κ2) is 7.81. The van der Waals surface area contributed by atoms with Gasteiger partial charge in [0.1, 0.15) is 0 Å². The lowest BCUT2D eigenvalue weighted by Crippen LogP contribution is -2.19. The fourth-order valence-electron chi connectivity index (χ4n) is 2.99. The summed E-state index contributed by atoms with van der Waals surface area (Å²) in [6, 6.07) is 10.0. The van der Waals surface area contributed by atoms with Gasteiger partial charge in [-0.3, -0.25) is 4.79 Å². The summed E-state index contributed by atoms with van der Waals surface area (Å²) in [6.07, 6.45) is 7.34. The average Bonchev–Trinajstić information content (AvgIpc) is 3.16. The van der Waals surface area contributed by atoms with Crippen molar-refractivity contribution in [2.75, 3.05) is 11.9 Å². The minimum Gasteiger partial charge on any atom is -0.462 e. The summed E-state index contributed by atoms with van der Waals surface area (Å²) in [5.41, 5.74) is 0.778. The van der Waals surface area contributed by atoms with Crippen LogP contribution in [0.25, 0.3) is 0 Å². The maximum Gasteiger partial charge on any atom is 0.340 e. The molecule has 1 aromatic carbocycles. The lowest BCUT2D eigenvalue weighted by Gasteiger charge is -2.21. The van der Waals surface area contributed by atoms with E-state index in [4.69, 9.17) is 9.15 Å². The van der Waals surface area contributed by atoms with Gasteiger partial charge in [0, 0.05) is 0 Å². The monoisotopic (exact) mass is 327 g/mol. The molecule has 3 rings (SSSR count). The van der Waals surface area contributed by atoms with Gasteiger partial charge in [-0.2, -0.15) is 0 Å². The largest absolute Gasteiger partial charge is 0.462 e. The molecule has 5 heteroatoms. The molecule has 5 nitrogen and oxygen atoms in total. The first-order chi connectivity index (χ1) is 11.7. The molecule has 1 aromatic heterocycles. The van der Waals surface area contributed by atoms with Gasteiger partial charge in [-0.05, 0) is 43.0 Å². The summed E-state index contributed by atoms with van der Waals surface area (Å²) in [6.45, 7) is 0.444. The molecule has 1 saturated carbocycles. The molecule has 0 unspecified atom stereocenters. The lowest BCUT2D eigenvalue weighted by molar-refractivity contribution is 0.0411. The van der Waals surface area contributed by atoms with Crippen LogP contribution < -0.4 is 5.32 Å². The maximum atomic E-state index is 12.4. The number of nitrogens with one attached hydrogen (secondary N) is 1. The van der Waals surface area contributed by atoms with E-state index in [-0.39, 0.29) is 5.76 Å². The summed E-state index contributed by atoms with van der Waals surface area (Å²) in [5, 5.41) is 2.70. The van der Waals surface area contributed by atoms with Gasteiger partial charge in [-0.1, -0.05) is 31.4 Å². The van der Waals surface area contributed by atoms with E-state index in [1.54, 1.807) is 36.4 Å². The number of esters is 1. The molecule has 1 fully saturated rings. The Balaban J connectivity index is 1.64. The molecular weight excluding hydrogens is 306 g/mol. The van der Waals surface area contributed by atoms with Gasteiger partial charge in [0.15, 0.2) is 5.76 Å². The topological polar surface area (TPSA) is 68.5 Å². The average molecular weight is 327 g/mol. The van der Waals surface area contributed by atoms with Crippen LogP contribution in [0.15, 0.2) is 47.1 Å². The molecule has 1 aliphatic rings. The van der Waals surface area contributed by atoms with Gasteiger partial charge < -0.3 is 14.5 Å². The van der Waals surface area contributed by atoms with Crippen molar-refractivity contribution >= 4 is 17.6 Å². The zero-order chi connectivity index (χ0) is 16.8. The summed E-state index contributed by atoms with van der Waals surface area (Å²) in [7, 11) is 0. The third kappa shape index (κ3) is 4.04. The molecular formula is C19H21NO4. The molecule has 2 aromatic rings. The predicted octanol–water partition coefficient (Wildman–Crippen LogP) is 4.27. The van der Waals surface area contributed by atoms with Crippen molar-refractivity contribution in [3.05, 3.63) is 54.0 Å². The fourth-order valence-corrected chi connectivity index (χ4v) is 2.99. The summed E-state index contributed by atoms with van der Waals surface area (Å²) >= 11 is 0. The van der Waals surface area contributed by atoms with E-state index in [0.29, 0.717) is 23.8 Å². The van der Waals surface area contributed by atoms with Crippen LogP contribution in [0.4, 0.5) is 5.69 Å². The van der Waals surface area contributed by atoms with E-state index in [1.165, 1.54) is 25.5 Å². The summed E-state index contributed by atoms with van der Waals surface area (Å²) in [4.78, 5) is 24.5. The lowest BCUT2D eigenvalue weighted by atomic mass is 9.90. The highest BCUT2D eigenvalue weighted by molar-refractivity contribution is 6.06. The molecule has 0 spiro atoms. The first-order valence-electron chi connectivity index (χ1n) is 8.35. The Labute approximate surface area is 141 Å². The molecule has 0 saturated heterocycles. The second-order valence-corrected chi connectivity index (χ2v) is 6.08. The van der Waals surface area contributed by atoms with Gasteiger partial charge in [0.2, 0.25) is 0 Å². The minimum absolute atomic E-state index is 0.195. The van der Waals surface area contributed by atoms with Crippen LogP contribution in [0, 0.1) is 5.92 Å². The van der Waals surface area contributed by atoms with Crippen LogP contribution in [-0.4, -0.2) is 18.5 Å². The van der Waals surface area contributed by atoms with E-state index in [0.717, 1.165) is 12.8 Å². The third-order valence-electron chi connectivity index (χ3n) is 4.32. The minimum atomic E-state index is -0.407. The van der Waals surface area contributed by atoms with Gasteiger partial charge in [-0.25, -0.2) is 4.79 Å². The molecule has 1 amide bonds. The Morgan fingerprint density at radius 3 is 2.62 bits per heavy atom. The van der Waals surface area contributed by atoms with Crippen molar-refractivity contribution in [1.29, 1.82) is 0 Å². The number of hydrogen-bond donors (Lipinski definition) is 1. The van der Waals surface area contributed by atoms with E-state index in [2.05, 4.69) is 5.32 Å². The van der Waals surface area contributed by atoms with E-state index >= 15 is 0 Å². The van der Waals surface area contributed by atoms with E-state index < -0.39 is 11.9 Å². The smallest absolute Gasteiger partial charge is 0.340 e. The number of furan rings is 1. The number of para-hydroxylation sites is 1. The van der Waals surface area contributed by atoms with Crippen LogP contribution in [0.5, 0.6) is 0 Å². The first kappa shape index (κ1) is 16.3. The highest BCUT2D eigenvalue weighted by Gasteiger charge is 2.19. The molecule has 1 aliphatic carbocycles. The van der Waals surface area contributed by atoms with Crippen LogP contribution in [0.1, 0.15) is 53.0 Å². The standard InChI is InChI=1S/C19H21NO4/c21-18(17-11-6-12-23-17)20-16-10-5-4-9-15(16)19(22)24-13-14-7-2-1-3-8-14/h4-6,9-12,14H,1-3,7-8,13H2,(H,20,21). The van der Waals surface area contributed by atoms with Gasteiger partial charge >= 0.3 is 5.97 Å². The molecule has 24 heavy (non-hydrogen) atoms. The van der Waals surface area contributed by atoms with E-state index in [1.807, 2.05) is 0 Å². The number of carbonyl (C=O) groups is 2. The van der Waals surface area contributed by atoms with E-state index in [9.17, 15) is 9.59 Å². The van der Waals surface area contributed by atoms with Gasteiger partial charge in [0.25, 0.3) is 5.91 Å². The number of carbonyl (C=O) groups excluding carboxylic acids is 2. The molecule has 1 N–H and O–H groups in total. The van der Waals surface area contributed by atoms with Crippen LogP contribution in [0.3, 0.4) is 0 Å². The molecule has 0 bridgehead atoms. The molecule has 0 aliphatic heterocycles. The highest BCUT2D eigenvalue weighted by atomic mass is 16.5. The van der Waals surface area contributed by atoms with Crippen molar-refractivity contribution in [2.24, 2.45) is 5.92 Å². The highest BCUT2D eigenvalue weighted by Crippen LogP contribution is 2.24. The normalized spacial score (nSPS) is 15.0. The number of rotatable bonds is 5. The Kier molecular flexibility index (Phi) is 5.31. The van der Waals surface area contributed by atoms with Gasteiger partial charge in [-0.15, -0.1) is 0 Å². The first-order valence-corrected chi connectivity index (χ1v) is 8.35. The number of hydrogen-bond acceptors (Lipinski definition) is 4. The van der Waals surface area contributed by atoms with Crippen LogP contribution in [0.2, 0.25) is 0 Å². The van der Waals surface area contributed by atoms with Crippen molar-refractivity contribution in [3.8, 4) is 0 Å². The zero-order valence-electron chi connectivity index (χ0n) is 13.5. The number of ether oxygens (including phenoxy) is 1. The summed E-state index contributed by atoms with van der Waals surface area (Å²) < 4.78 is 10.5. The number of amides is 1. The fraction of sp³-hybridized carbons (Fsp3) is 0.368. The Morgan fingerprint density at radius 1 is 1.08 bits per heavy atom. The Hall–Kier alpha value is -2.56. The summed E-state index contributed by atoms with van der Waals surface area (Å²) in [5.74, 6) is -0.156. The second-order valence-electron chi connectivity index (χ2n) is 6.08. The van der Waals surface area contributed by atoms with Crippen molar-refractivity contribution < 1.29 is 18.7 Å². The molecule has 1 heterocycles. The molecule has 0 atom stereocenters. The van der Waals surface area contributed by atoms with Crippen LogP contribution >= 0.6 is 0 Å². The number of anilines is 1. The van der Waals surface area contributed by atoms with Crippen molar-refractivity contribution in [2.45, 2.75) is 32.1 Å². The van der Waals surface area contributed by atoms with Gasteiger partial charge in [0.05, 0.1) is 24.1 Å². The Morgan fingerprint density at radius 2 is 1.88 bits per heavy atom. The van der Waals surface area contributed by atoms with Crippen molar-refractivity contribution in [3.63, 3.8) is 0 Å². The third-order valence-corrected chi connectivity index (χ3v) is 4.32. The quantitative estimate of drug-likeness (QED) is 0.833. The Bertz CT molecular complexity index is 687. The maximum absolute atomic E-state index is 12.4. The van der Waals surface area contributed by atoms with Crippen molar-refractivity contribution in [1.82, 2.24) is 0 Å².